The van der Waals surface area contributed by atoms with Gasteiger partial charge < -0.3 is 15.3 Å². The molecule has 1 saturated heterocycles. The number of thiophene rings is 1. The molecule has 0 aliphatic carbocycles. The first-order chi connectivity index (χ1) is 11.1. The van der Waals surface area contributed by atoms with Gasteiger partial charge in [-0.1, -0.05) is 13.0 Å². The first kappa shape index (κ1) is 16.0. The van der Waals surface area contributed by atoms with Crippen molar-refractivity contribution in [2.45, 2.75) is 25.8 Å². The molecule has 2 aromatic rings. The number of carbonyl (C=O) groups excluding carboxylic acids is 1. The highest BCUT2D eigenvalue weighted by Crippen LogP contribution is 2.28. The maximum absolute atomic E-state index is 12.5. The number of carbonyl (C=O) groups is 2. The second-order valence-corrected chi connectivity index (χ2v) is 6.92. The summed E-state index contributed by atoms with van der Waals surface area (Å²) in [5, 5.41) is 13.0. The zero-order chi connectivity index (χ0) is 16.4. The largest absolute Gasteiger partial charge is 0.478 e. The van der Waals surface area contributed by atoms with Crippen LogP contribution in [0, 0.1) is 0 Å². The van der Waals surface area contributed by atoms with Crippen molar-refractivity contribution in [3.8, 4) is 0 Å². The molecule has 1 aromatic carbocycles. The average Bonchev–Trinajstić information content (AvgIpc) is 2.99. The molecule has 0 spiro atoms. The number of nitrogens with zero attached hydrogens (tertiary/aromatic N) is 1. The Labute approximate surface area is 138 Å². The van der Waals surface area contributed by atoms with Crippen molar-refractivity contribution in [1.29, 1.82) is 0 Å². The zero-order valence-electron chi connectivity index (χ0n) is 13.0. The highest BCUT2D eigenvalue weighted by Gasteiger charge is 2.22. The summed E-state index contributed by atoms with van der Waals surface area (Å²) in [4.78, 5) is 26.7. The lowest BCUT2D eigenvalue weighted by Crippen LogP contribution is -2.47. The predicted octanol–water partition coefficient (Wildman–Crippen LogP) is 2.81. The minimum absolute atomic E-state index is 0.106. The molecular weight excluding hydrogens is 312 g/mol. The summed E-state index contributed by atoms with van der Waals surface area (Å²) in [5.41, 5.74) is 0.243. The summed E-state index contributed by atoms with van der Waals surface area (Å²) in [7, 11) is 0. The van der Waals surface area contributed by atoms with E-state index in [1.165, 1.54) is 11.3 Å². The number of hydrogen-bond acceptors (Lipinski definition) is 4. The Morgan fingerprint density at radius 3 is 3.00 bits per heavy atom. The highest BCUT2D eigenvalue weighted by atomic mass is 32.1. The number of benzene rings is 1. The molecule has 1 amide bonds. The first-order valence-corrected chi connectivity index (χ1v) is 8.69. The fourth-order valence-electron chi connectivity index (χ4n) is 3.08. The van der Waals surface area contributed by atoms with Crippen LogP contribution >= 0.6 is 11.3 Å². The number of rotatable bonds is 4. The predicted molar refractivity (Wildman–Crippen MR) is 91.4 cm³/mol. The van der Waals surface area contributed by atoms with Crippen molar-refractivity contribution >= 4 is 33.3 Å². The molecule has 122 valence electrons. The molecule has 0 bridgehead atoms. The Kier molecular flexibility index (Phi) is 4.63. The van der Waals surface area contributed by atoms with Crippen molar-refractivity contribution in [1.82, 2.24) is 10.2 Å². The average molecular weight is 332 g/mol. The molecule has 6 heteroatoms. The molecule has 1 aliphatic heterocycles. The number of likely N-dealkylation sites (N-methyl/N-ethyl adjacent to an activating group) is 1. The number of hydrogen-bond donors (Lipinski definition) is 2. The van der Waals surface area contributed by atoms with Crippen molar-refractivity contribution in [2.24, 2.45) is 0 Å². The minimum Gasteiger partial charge on any atom is -0.478 e. The normalized spacial score (nSPS) is 18.9. The third-order valence-corrected chi connectivity index (χ3v) is 5.40. The van der Waals surface area contributed by atoms with Crippen LogP contribution in [0.5, 0.6) is 0 Å². The van der Waals surface area contributed by atoms with Crippen LogP contribution in [0.15, 0.2) is 24.3 Å². The molecule has 0 radical (unpaired) electrons. The van der Waals surface area contributed by atoms with Crippen molar-refractivity contribution in [3.05, 3.63) is 34.7 Å². The van der Waals surface area contributed by atoms with Crippen molar-refractivity contribution < 1.29 is 14.7 Å². The number of carboxylic acid groups (broad SMARTS) is 1. The van der Waals surface area contributed by atoms with Crippen LogP contribution in [-0.4, -0.2) is 47.6 Å². The van der Waals surface area contributed by atoms with Crippen LogP contribution < -0.4 is 5.32 Å². The Morgan fingerprint density at radius 2 is 2.26 bits per heavy atom. The Balaban J connectivity index is 1.78. The van der Waals surface area contributed by atoms with E-state index in [0.29, 0.717) is 10.3 Å². The van der Waals surface area contributed by atoms with Gasteiger partial charge in [0.05, 0.1) is 10.4 Å². The molecule has 5 nitrogen and oxygen atoms in total. The molecule has 2 heterocycles. The number of aromatic carboxylic acids is 1. The van der Waals surface area contributed by atoms with Gasteiger partial charge in [0.15, 0.2) is 0 Å². The van der Waals surface area contributed by atoms with Gasteiger partial charge in [-0.25, -0.2) is 4.79 Å². The lowest BCUT2D eigenvalue weighted by Gasteiger charge is -2.32. The van der Waals surface area contributed by atoms with E-state index in [1.807, 2.05) is 6.07 Å². The molecule has 1 aliphatic rings. The number of nitrogens with one attached hydrogen (secondary N) is 1. The van der Waals surface area contributed by atoms with Gasteiger partial charge in [-0.15, -0.1) is 11.3 Å². The fourth-order valence-corrected chi connectivity index (χ4v) is 4.07. The van der Waals surface area contributed by atoms with E-state index in [-0.39, 0.29) is 17.5 Å². The van der Waals surface area contributed by atoms with Crippen molar-refractivity contribution in [3.63, 3.8) is 0 Å². The molecule has 1 aromatic heterocycles. The fraction of sp³-hybridized carbons (Fsp3) is 0.412. The zero-order valence-corrected chi connectivity index (χ0v) is 13.9. The number of fused-ring (bicyclic) bond motifs is 1. The lowest BCUT2D eigenvalue weighted by molar-refractivity contribution is 0.0698. The smallest absolute Gasteiger partial charge is 0.336 e. The van der Waals surface area contributed by atoms with Gasteiger partial charge in [0, 0.05) is 22.7 Å². The lowest BCUT2D eigenvalue weighted by atomic mass is 10.1. The van der Waals surface area contributed by atoms with Gasteiger partial charge in [-0.3, -0.25) is 4.79 Å². The summed E-state index contributed by atoms with van der Waals surface area (Å²) >= 11 is 1.34. The van der Waals surface area contributed by atoms with E-state index >= 15 is 0 Å². The second kappa shape index (κ2) is 6.68. The van der Waals surface area contributed by atoms with Crippen LogP contribution in [0.4, 0.5) is 0 Å². The van der Waals surface area contributed by atoms with Crippen LogP contribution in [0.1, 0.15) is 39.8 Å². The summed E-state index contributed by atoms with van der Waals surface area (Å²) in [5.74, 6) is -1.07. The maximum Gasteiger partial charge on any atom is 0.336 e. The minimum atomic E-state index is -0.966. The van der Waals surface area contributed by atoms with Gasteiger partial charge in [-0.2, -0.15) is 0 Å². The molecular formula is C17H20N2O3S. The highest BCUT2D eigenvalue weighted by molar-refractivity contribution is 7.20. The summed E-state index contributed by atoms with van der Waals surface area (Å²) < 4.78 is 0.828. The van der Waals surface area contributed by atoms with Gasteiger partial charge in [0.25, 0.3) is 5.91 Å². The molecule has 2 N–H and O–H groups in total. The molecule has 1 atom stereocenters. The SMILES string of the molecule is CCN1CCC[C@@H](NC(=O)c2cc3c(C(=O)O)cccc3s2)C1. The van der Waals surface area contributed by atoms with Gasteiger partial charge in [0.2, 0.25) is 0 Å². The third-order valence-electron chi connectivity index (χ3n) is 4.30. The number of likely N-dealkylation sites (tertiary alicyclic amines) is 1. The number of carboxylic acids is 1. The Morgan fingerprint density at radius 1 is 1.43 bits per heavy atom. The molecule has 23 heavy (non-hydrogen) atoms. The van der Waals surface area contributed by atoms with E-state index in [9.17, 15) is 14.7 Å². The van der Waals surface area contributed by atoms with Gasteiger partial charge in [0.1, 0.15) is 0 Å². The monoisotopic (exact) mass is 332 g/mol. The van der Waals surface area contributed by atoms with Crippen LogP contribution in [0.2, 0.25) is 0 Å². The summed E-state index contributed by atoms with van der Waals surface area (Å²) in [6.45, 7) is 5.10. The van der Waals surface area contributed by atoms with E-state index in [0.717, 1.165) is 37.2 Å². The first-order valence-electron chi connectivity index (χ1n) is 7.87. The number of amides is 1. The standard InChI is InChI=1S/C17H20N2O3S/c1-2-19-8-4-5-11(10-19)18-16(20)15-9-13-12(17(21)22)6-3-7-14(13)23-15/h3,6-7,9,11H,2,4-5,8,10H2,1H3,(H,18,20)(H,21,22)/t11-/m1/s1. The molecule has 1 fully saturated rings. The Bertz CT molecular complexity index is 741. The molecule has 0 saturated carbocycles. The Hall–Kier alpha value is -1.92. The number of piperidine rings is 1. The van der Waals surface area contributed by atoms with E-state index in [2.05, 4.69) is 17.1 Å². The van der Waals surface area contributed by atoms with Crippen molar-refractivity contribution in [2.75, 3.05) is 19.6 Å². The maximum atomic E-state index is 12.5. The van der Waals surface area contributed by atoms with E-state index in [4.69, 9.17) is 0 Å². The van der Waals surface area contributed by atoms with Crippen LogP contribution in [0.3, 0.4) is 0 Å². The third kappa shape index (κ3) is 3.38. The summed E-state index contributed by atoms with van der Waals surface area (Å²) in [6, 6.07) is 6.99. The van der Waals surface area contributed by atoms with E-state index < -0.39 is 5.97 Å². The molecule has 3 rings (SSSR count). The van der Waals surface area contributed by atoms with E-state index in [1.54, 1.807) is 18.2 Å². The quantitative estimate of drug-likeness (QED) is 0.903. The topological polar surface area (TPSA) is 69.6 Å². The van der Waals surface area contributed by atoms with Gasteiger partial charge >= 0.3 is 5.97 Å². The van der Waals surface area contributed by atoms with Gasteiger partial charge in [-0.05, 0) is 44.1 Å². The molecule has 0 unspecified atom stereocenters. The van der Waals surface area contributed by atoms with Crippen LogP contribution in [-0.2, 0) is 0 Å². The second-order valence-electron chi connectivity index (χ2n) is 5.84. The van der Waals surface area contributed by atoms with Crippen LogP contribution in [0.25, 0.3) is 10.1 Å². The summed E-state index contributed by atoms with van der Waals surface area (Å²) in [6.07, 6.45) is 2.09.